The van der Waals surface area contributed by atoms with Gasteiger partial charge in [0.25, 0.3) is 0 Å². The fourth-order valence-corrected chi connectivity index (χ4v) is 4.61. The van der Waals surface area contributed by atoms with E-state index in [0.717, 1.165) is 41.4 Å². The van der Waals surface area contributed by atoms with E-state index in [4.69, 9.17) is 9.47 Å². The molecule has 1 unspecified atom stereocenters. The number of nitrogens with zero attached hydrogens (tertiary/aromatic N) is 3. The third-order valence-electron chi connectivity index (χ3n) is 5.44. The summed E-state index contributed by atoms with van der Waals surface area (Å²) in [5.41, 5.74) is 1.91. The zero-order chi connectivity index (χ0) is 21.2. The van der Waals surface area contributed by atoms with E-state index in [1.54, 1.807) is 12.1 Å². The Morgan fingerprint density at radius 3 is 2.84 bits per heavy atom. The Balaban J connectivity index is 1.21. The maximum absolute atomic E-state index is 13.1. The molecule has 1 aromatic heterocycles. The molecular weight excluding hydrogens is 419 g/mol. The number of anilines is 1. The maximum atomic E-state index is 13.1. The van der Waals surface area contributed by atoms with Gasteiger partial charge in [0.1, 0.15) is 17.7 Å². The van der Waals surface area contributed by atoms with Gasteiger partial charge >= 0.3 is 0 Å². The minimum absolute atomic E-state index is 0.0227. The van der Waals surface area contributed by atoms with E-state index < -0.39 is 0 Å². The highest BCUT2D eigenvalue weighted by atomic mass is 32.1. The molecule has 0 aliphatic carbocycles. The molecule has 1 N–H and O–H groups in total. The number of nitrogens with one attached hydrogen (secondary N) is 1. The molecule has 1 fully saturated rings. The molecule has 2 aliphatic heterocycles. The lowest BCUT2D eigenvalue weighted by Gasteiger charge is -2.22. The van der Waals surface area contributed by atoms with Crippen LogP contribution in [-0.4, -0.2) is 34.6 Å². The van der Waals surface area contributed by atoms with Gasteiger partial charge in [-0.15, -0.1) is 0 Å². The Hall–Kier alpha value is -3.20. The first kappa shape index (κ1) is 19.7. The van der Waals surface area contributed by atoms with E-state index >= 15 is 0 Å². The molecule has 9 heteroatoms. The molecule has 0 radical (unpaired) electrons. The largest absolute Gasteiger partial charge is 0.454 e. The number of hydrogen-bond acceptors (Lipinski definition) is 7. The second-order valence-corrected chi connectivity index (χ2v) is 8.28. The van der Waals surface area contributed by atoms with Gasteiger partial charge in [0, 0.05) is 31.0 Å². The van der Waals surface area contributed by atoms with Crippen molar-refractivity contribution >= 4 is 22.6 Å². The summed E-state index contributed by atoms with van der Waals surface area (Å²) in [5.74, 6) is 1.83. The number of carbonyl (C=O) groups excluding carboxylic acids is 1. The van der Waals surface area contributed by atoms with Gasteiger partial charge in [-0.2, -0.15) is 4.37 Å². The first-order valence-electron chi connectivity index (χ1n) is 10.2. The summed E-state index contributed by atoms with van der Waals surface area (Å²) in [6.07, 6.45) is 2.24. The number of fused-ring (bicyclic) bond motifs is 1. The molecule has 1 atom stereocenters. The van der Waals surface area contributed by atoms with Crippen LogP contribution in [0.4, 0.5) is 9.52 Å². The van der Waals surface area contributed by atoms with E-state index in [0.29, 0.717) is 24.5 Å². The zero-order valence-electron chi connectivity index (χ0n) is 16.7. The number of rotatable bonds is 6. The lowest BCUT2D eigenvalue weighted by atomic mass is 10.1. The minimum Gasteiger partial charge on any atom is -0.454 e. The Morgan fingerprint density at radius 2 is 1.97 bits per heavy atom. The van der Waals surface area contributed by atoms with Crippen LogP contribution < -0.4 is 19.7 Å². The van der Waals surface area contributed by atoms with Crippen molar-refractivity contribution in [3.8, 4) is 11.5 Å². The number of amides is 1. The van der Waals surface area contributed by atoms with Crippen LogP contribution in [0.15, 0.2) is 42.5 Å². The van der Waals surface area contributed by atoms with Crippen molar-refractivity contribution in [1.82, 2.24) is 14.7 Å². The van der Waals surface area contributed by atoms with Gasteiger partial charge in [-0.1, -0.05) is 18.2 Å². The third-order valence-corrected chi connectivity index (χ3v) is 6.23. The first-order chi connectivity index (χ1) is 15.2. The van der Waals surface area contributed by atoms with Gasteiger partial charge < -0.3 is 19.7 Å². The van der Waals surface area contributed by atoms with Crippen LogP contribution in [0.2, 0.25) is 0 Å². The average molecular weight is 441 g/mol. The Bertz CT molecular complexity index is 1090. The van der Waals surface area contributed by atoms with E-state index in [2.05, 4.69) is 14.7 Å². The van der Waals surface area contributed by atoms with Crippen molar-refractivity contribution < 1.29 is 18.7 Å². The summed E-state index contributed by atoms with van der Waals surface area (Å²) in [4.78, 5) is 19.5. The second-order valence-electron chi connectivity index (χ2n) is 7.55. The van der Waals surface area contributed by atoms with Crippen molar-refractivity contribution in [3.63, 3.8) is 0 Å². The molecule has 160 valence electrons. The quantitative estimate of drug-likeness (QED) is 0.634. The Kier molecular flexibility index (Phi) is 5.42. The van der Waals surface area contributed by atoms with Gasteiger partial charge in [0.2, 0.25) is 17.8 Å². The van der Waals surface area contributed by atoms with Crippen LogP contribution in [-0.2, 0) is 17.8 Å². The van der Waals surface area contributed by atoms with E-state index in [1.807, 2.05) is 23.1 Å². The molecule has 1 amide bonds. The van der Waals surface area contributed by atoms with Crippen molar-refractivity contribution in [2.75, 3.05) is 18.2 Å². The summed E-state index contributed by atoms with van der Waals surface area (Å²) in [6, 6.07) is 11.7. The van der Waals surface area contributed by atoms with Crippen LogP contribution >= 0.6 is 11.5 Å². The lowest BCUT2D eigenvalue weighted by molar-refractivity contribution is -0.122. The standard InChI is InChI=1S/C22H21FN4O3S/c23-16-6-3-14(4-7-16)11-20-25-22(31-26-20)27-9-1-2-17(27)21(28)24-12-15-5-8-18-19(10-15)30-13-29-18/h3-8,10,17H,1-2,9,11-13H2,(H,24,28). The van der Waals surface area contributed by atoms with E-state index in [9.17, 15) is 9.18 Å². The van der Waals surface area contributed by atoms with E-state index in [-0.39, 0.29) is 24.6 Å². The van der Waals surface area contributed by atoms with Gasteiger partial charge in [0.15, 0.2) is 11.5 Å². The van der Waals surface area contributed by atoms with Crippen LogP contribution in [0.3, 0.4) is 0 Å². The monoisotopic (exact) mass is 440 g/mol. The number of benzene rings is 2. The van der Waals surface area contributed by atoms with Gasteiger partial charge in [-0.05, 0) is 48.2 Å². The van der Waals surface area contributed by atoms with Crippen LogP contribution in [0.25, 0.3) is 0 Å². The molecule has 7 nitrogen and oxygen atoms in total. The Labute approximate surface area is 183 Å². The summed E-state index contributed by atoms with van der Waals surface area (Å²) in [7, 11) is 0. The first-order valence-corrected chi connectivity index (χ1v) is 10.9. The third kappa shape index (κ3) is 4.32. The summed E-state index contributed by atoms with van der Waals surface area (Å²) < 4.78 is 28.3. The van der Waals surface area contributed by atoms with E-state index in [1.165, 1.54) is 23.7 Å². The summed E-state index contributed by atoms with van der Waals surface area (Å²) in [6.45, 7) is 1.42. The van der Waals surface area contributed by atoms with Crippen LogP contribution in [0.5, 0.6) is 11.5 Å². The normalized spacial score (nSPS) is 17.2. The fourth-order valence-electron chi connectivity index (χ4n) is 3.84. The fraction of sp³-hybridized carbons (Fsp3) is 0.318. The molecule has 0 spiro atoms. The highest BCUT2D eigenvalue weighted by Gasteiger charge is 2.32. The molecule has 0 saturated carbocycles. The molecule has 1 saturated heterocycles. The molecule has 0 bridgehead atoms. The van der Waals surface area contributed by atoms with Crippen LogP contribution in [0.1, 0.15) is 29.8 Å². The van der Waals surface area contributed by atoms with Gasteiger partial charge in [-0.25, -0.2) is 9.37 Å². The summed E-state index contributed by atoms with van der Waals surface area (Å²) >= 11 is 1.30. The number of aromatic nitrogens is 2. The highest BCUT2D eigenvalue weighted by Crippen LogP contribution is 2.32. The lowest BCUT2D eigenvalue weighted by Crippen LogP contribution is -2.43. The molecule has 3 aromatic rings. The van der Waals surface area contributed by atoms with Crippen molar-refractivity contribution in [2.24, 2.45) is 0 Å². The zero-order valence-corrected chi connectivity index (χ0v) is 17.5. The van der Waals surface area contributed by atoms with Crippen molar-refractivity contribution in [2.45, 2.75) is 31.8 Å². The number of halogens is 1. The predicted octanol–water partition coefficient (Wildman–Crippen LogP) is 3.28. The topological polar surface area (TPSA) is 76.6 Å². The average Bonchev–Trinajstić information content (AvgIpc) is 3.53. The SMILES string of the molecule is O=C(NCc1ccc2c(c1)OCO2)C1CCCN1c1nc(Cc2ccc(F)cc2)ns1. The maximum Gasteiger partial charge on any atom is 0.243 e. The summed E-state index contributed by atoms with van der Waals surface area (Å²) in [5, 5.41) is 3.78. The molecule has 3 heterocycles. The van der Waals surface area contributed by atoms with Crippen molar-refractivity contribution in [1.29, 1.82) is 0 Å². The van der Waals surface area contributed by atoms with Crippen LogP contribution in [0, 0.1) is 5.82 Å². The minimum atomic E-state index is -0.263. The number of ether oxygens (including phenoxy) is 2. The van der Waals surface area contributed by atoms with Crippen molar-refractivity contribution in [3.05, 3.63) is 65.2 Å². The molecule has 2 aliphatic rings. The molecule has 5 rings (SSSR count). The second kappa shape index (κ2) is 8.50. The molecule has 2 aromatic carbocycles. The highest BCUT2D eigenvalue weighted by molar-refractivity contribution is 7.09. The number of carbonyl (C=O) groups is 1. The van der Waals surface area contributed by atoms with Gasteiger partial charge in [0.05, 0.1) is 0 Å². The Morgan fingerprint density at radius 1 is 1.16 bits per heavy atom. The molecule has 31 heavy (non-hydrogen) atoms. The molecular formula is C22H21FN4O3S. The smallest absolute Gasteiger partial charge is 0.243 e. The predicted molar refractivity (Wildman–Crippen MR) is 114 cm³/mol. The number of hydrogen-bond donors (Lipinski definition) is 1. The van der Waals surface area contributed by atoms with Gasteiger partial charge in [-0.3, -0.25) is 4.79 Å².